The van der Waals surface area contributed by atoms with Crippen LogP contribution in [0.1, 0.15) is 36.7 Å². The number of nitrogens with zero attached hydrogens (tertiary/aromatic N) is 2. The van der Waals surface area contributed by atoms with Crippen molar-refractivity contribution < 1.29 is 13.2 Å². The predicted octanol–water partition coefficient (Wildman–Crippen LogP) is 4.21. The molecule has 1 saturated heterocycles. The number of nitrogens with one attached hydrogen (secondary N) is 2. The van der Waals surface area contributed by atoms with Gasteiger partial charge in [0.25, 0.3) is 0 Å². The minimum Gasteiger partial charge on any atom is -0.337 e. The summed E-state index contributed by atoms with van der Waals surface area (Å²) in [6, 6.07) is 16.5. The summed E-state index contributed by atoms with van der Waals surface area (Å²) in [5.74, 6) is -0.172. The quantitative estimate of drug-likeness (QED) is 0.467. The Morgan fingerprint density at radius 1 is 1.12 bits per heavy atom. The fraction of sp³-hybridized carbons (Fsp3) is 0.333. The van der Waals surface area contributed by atoms with E-state index in [1.165, 1.54) is 21.6 Å². The molecule has 174 valence electrons. The smallest absolute Gasteiger partial charge is 0.243 e. The van der Waals surface area contributed by atoms with Gasteiger partial charge in [-0.3, -0.25) is 4.79 Å². The molecule has 1 amide bonds. The van der Waals surface area contributed by atoms with Crippen LogP contribution in [0.2, 0.25) is 0 Å². The number of rotatable bonds is 8. The summed E-state index contributed by atoms with van der Waals surface area (Å²) in [6.07, 6.45) is 2.52. The predicted molar refractivity (Wildman–Crippen MR) is 131 cm³/mol. The van der Waals surface area contributed by atoms with Crippen molar-refractivity contribution in [1.29, 1.82) is 0 Å². The highest BCUT2D eigenvalue weighted by Gasteiger charge is 2.27. The Labute approximate surface area is 199 Å². The van der Waals surface area contributed by atoms with E-state index >= 15 is 0 Å². The maximum absolute atomic E-state index is 12.7. The van der Waals surface area contributed by atoms with Crippen LogP contribution >= 0.6 is 11.8 Å². The van der Waals surface area contributed by atoms with Crippen molar-refractivity contribution in [3.63, 3.8) is 0 Å². The number of anilines is 1. The average molecular weight is 485 g/mol. The second-order valence-electron chi connectivity index (χ2n) is 8.16. The van der Waals surface area contributed by atoms with E-state index in [1.807, 2.05) is 32.0 Å². The molecule has 1 fully saturated rings. The van der Waals surface area contributed by atoms with Gasteiger partial charge >= 0.3 is 0 Å². The van der Waals surface area contributed by atoms with Gasteiger partial charge in [-0.1, -0.05) is 42.1 Å². The molecule has 0 unspecified atom stereocenters. The van der Waals surface area contributed by atoms with Gasteiger partial charge in [-0.25, -0.2) is 13.4 Å². The van der Waals surface area contributed by atoms with Crippen molar-refractivity contribution in [3.05, 3.63) is 71.5 Å². The van der Waals surface area contributed by atoms with Crippen molar-refractivity contribution in [2.45, 2.75) is 48.4 Å². The highest BCUT2D eigenvalue weighted by Crippen LogP contribution is 2.25. The second kappa shape index (κ2) is 10.1. The molecule has 2 N–H and O–H groups in total. The van der Waals surface area contributed by atoms with Gasteiger partial charge in [0.15, 0.2) is 5.16 Å². The number of amides is 1. The molecule has 0 radical (unpaired) electrons. The lowest BCUT2D eigenvalue weighted by atomic mass is 10.1. The van der Waals surface area contributed by atoms with E-state index in [2.05, 4.69) is 27.4 Å². The SMILES string of the molecule is Cc1[nH]c(S[C@@H](C)C(=O)Nc2ccc(S(=O)(=O)N3CCCC3)cc2)nc1Cc1ccccc1. The van der Waals surface area contributed by atoms with Crippen molar-refractivity contribution in [2.24, 2.45) is 0 Å². The number of sulfonamides is 1. The maximum Gasteiger partial charge on any atom is 0.243 e. The largest absolute Gasteiger partial charge is 0.337 e. The summed E-state index contributed by atoms with van der Waals surface area (Å²) in [5.41, 5.74) is 3.70. The first-order valence-corrected chi connectivity index (χ1v) is 13.3. The zero-order chi connectivity index (χ0) is 23.4. The minimum atomic E-state index is -3.46. The number of thioether (sulfide) groups is 1. The molecule has 4 rings (SSSR count). The highest BCUT2D eigenvalue weighted by atomic mass is 32.2. The molecule has 33 heavy (non-hydrogen) atoms. The fourth-order valence-electron chi connectivity index (χ4n) is 3.74. The number of hydrogen-bond acceptors (Lipinski definition) is 5. The zero-order valence-corrected chi connectivity index (χ0v) is 20.4. The standard InChI is InChI=1S/C24H28N4O3S2/c1-17-22(16-19-8-4-3-5-9-19)27-24(25-17)32-18(2)23(29)26-20-10-12-21(13-11-20)33(30,31)28-14-6-7-15-28/h3-5,8-13,18H,6-7,14-16H2,1-2H3,(H,25,27)(H,26,29)/t18-/m0/s1. The Kier molecular flexibility index (Phi) is 7.21. The van der Waals surface area contributed by atoms with E-state index in [1.54, 1.807) is 24.3 Å². The fourth-order valence-corrected chi connectivity index (χ4v) is 6.13. The van der Waals surface area contributed by atoms with Crippen LogP contribution in [0.25, 0.3) is 0 Å². The van der Waals surface area contributed by atoms with Crippen LogP contribution in [0.15, 0.2) is 64.6 Å². The molecule has 9 heteroatoms. The summed E-state index contributed by atoms with van der Waals surface area (Å²) in [5, 5.41) is 3.18. The first-order chi connectivity index (χ1) is 15.8. The van der Waals surface area contributed by atoms with E-state index in [0.717, 1.165) is 30.7 Å². The second-order valence-corrected chi connectivity index (χ2v) is 11.4. The first-order valence-electron chi connectivity index (χ1n) is 11.0. The molecule has 1 atom stereocenters. The molecule has 1 aliphatic rings. The molecule has 2 heterocycles. The van der Waals surface area contributed by atoms with Crippen LogP contribution in [0.5, 0.6) is 0 Å². The maximum atomic E-state index is 12.7. The van der Waals surface area contributed by atoms with Gasteiger partial charge in [0.2, 0.25) is 15.9 Å². The molecular formula is C24H28N4O3S2. The molecule has 0 spiro atoms. The Morgan fingerprint density at radius 2 is 1.79 bits per heavy atom. The number of benzene rings is 2. The summed E-state index contributed by atoms with van der Waals surface area (Å²) in [4.78, 5) is 20.9. The molecule has 2 aromatic carbocycles. The molecule has 0 saturated carbocycles. The number of carbonyl (C=O) groups is 1. The van der Waals surface area contributed by atoms with Gasteiger partial charge in [0, 0.05) is 30.9 Å². The lowest BCUT2D eigenvalue weighted by Crippen LogP contribution is -2.27. The lowest BCUT2D eigenvalue weighted by Gasteiger charge is -2.16. The van der Waals surface area contributed by atoms with Crippen LogP contribution < -0.4 is 5.32 Å². The van der Waals surface area contributed by atoms with Crippen LogP contribution in [0.3, 0.4) is 0 Å². The van der Waals surface area contributed by atoms with Crippen molar-refractivity contribution in [2.75, 3.05) is 18.4 Å². The Hall–Kier alpha value is -2.62. The number of H-pyrrole nitrogens is 1. The molecular weight excluding hydrogens is 456 g/mol. The van der Waals surface area contributed by atoms with Crippen LogP contribution in [0.4, 0.5) is 5.69 Å². The molecule has 7 nitrogen and oxygen atoms in total. The lowest BCUT2D eigenvalue weighted by molar-refractivity contribution is -0.115. The van der Waals surface area contributed by atoms with Gasteiger partial charge in [0.1, 0.15) is 0 Å². The van der Waals surface area contributed by atoms with Crippen LogP contribution in [-0.2, 0) is 21.2 Å². The number of aryl methyl sites for hydroxylation is 1. The van der Waals surface area contributed by atoms with Gasteiger partial charge in [-0.2, -0.15) is 4.31 Å². The van der Waals surface area contributed by atoms with Gasteiger partial charge in [-0.05, 0) is 56.5 Å². The third kappa shape index (κ3) is 5.66. The summed E-state index contributed by atoms with van der Waals surface area (Å²) in [7, 11) is -3.46. The summed E-state index contributed by atoms with van der Waals surface area (Å²) in [6.45, 7) is 4.93. The number of carbonyl (C=O) groups excluding carboxylic acids is 1. The van der Waals surface area contributed by atoms with Crippen LogP contribution in [0, 0.1) is 6.92 Å². The van der Waals surface area contributed by atoms with Crippen molar-refractivity contribution >= 4 is 33.4 Å². The van der Waals surface area contributed by atoms with E-state index in [9.17, 15) is 13.2 Å². The zero-order valence-electron chi connectivity index (χ0n) is 18.7. The minimum absolute atomic E-state index is 0.172. The Bertz CT molecular complexity index is 1200. The Morgan fingerprint density at radius 3 is 2.45 bits per heavy atom. The van der Waals surface area contributed by atoms with E-state index < -0.39 is 10.0 Å². The Balaban J connectivity index is 1.35. The molecule has 3 aromatic rings. The van der Waals surface area contributed by atoms with E-state index in [-0.39, 0.29) is 16.1 Å². The van der Waals surface area contributed by atoms with Gasteiger partial charge < -0.3 is 10.3 Å². The monoisotopic (exact) mass is 484 g/mol. The van der Waals surface area contributed by atoms with Crippen LogP contribution in [-0.4, -0.2) is 46.9 Å². The molecule has 1 aliphatic heterocycles. The number of imidazole rings is 1. The number of aromatic nitrogens is 2. The average Bonchev–Trinajstić information content (AvgIpc) is 3.46. The van der Waals surface area contributed by atoms with Gasteiger partial charge in [-0.15, -0.1) is 0 Å². The highest BCUT2D eigenvalue weighted by molar-refractivity contribution is 8.00. The molecule has 0 bridgehead atoms. The molecule has 1 aromatic heterocycles. The third-order valence-electron chi connectivity index (χ3n) is 5.66. The first kappa shape index (κ1) is 23.5. The van der Waals surface area contributed by atoms with Crippen molar-refractivity contribution in [3.8, 4) is 0 Å². The normalized spacial score (nSPS) is 15.5. The topological polar surface area (TPSA) is 95.2 Å². The summed E-state index contributed by atoms with van der Waals surface area (Å²) >= 11 is 1.36. The third-order valence-corrected chi connectivity index (χ3v) is 8.56. The van der Waals surface area contributed by atoms with E-state index in [0.29, 0.717) is 23.9 Å². The van der Waals surface area contributed by atoms with E-state index in [4.69, 9.17) is 0 Å². The van der Waals surface area contributed by atoms with Crippen molar-refractivity contribution in [1.82, 2.24) is 14.3 Å². The molecule has 0 aliphatic carbocycles. The number of hydrogen-bond donors (Lipinski definition) is 2. The van der Waals surface area contributed by atoms with Gasteiger partial charge in [0.05, 0.1) is 15.8 Å². The summed E-state index contributed by atoms with van der Waals surface area (Å²) < 4.78 is 26.8. The number of aromatic amines is 1.